The van der Waals surface area contributed by atoms with Gasteiger partial charge in [-0.3, -0.25) is 4.90 Å². The Bertz CT molecular complexity index is 1040. The first-order chi connectivity index (χ1) is 20.6. The molecule has 2 aliphatic heterocycles. The topological polar surface area (TPSA) is 108 Å². The van der Waals surface area contributed by atoms with Crippen molar-refractivity contribution in [1.29, 1.82) is 0 Å². The van der Waals surface area contributed by atoms with Crippen LogP contribution in [0.1, 0.15) is 49.7 Å². The van der Waals surface area contributed by atoms with Gasteiger partial charge in [-0.2, -0.15) is 0 Å². The summed E-state index contributed by atoms with van der Waals surface area (Å²) >= 11 is 0. The van der Waals surface area contributed by atoms with E-state index >= 15 is 0 Å². The molecular formula is C32H49NO9. The minimum absolute atomic E-state index is 0.0739. The van der Waals surface area contributed by atoms with E-state index in [1.165, 1.54) is 24.8 Å². The van der Waals surface area contributed by atoms with Gasteiger partial charge in [0.1, 0.15) is 6.10 Å². The standard InChI is InChI=1S/C32H49NO9/c1-36-11-12-37-13-14-38-15-16-39-17-18-40-19-20-41-26-7-8-32(35)27-21-24-5-6-25(34)29-28(24)31(32,30(26)42-29)9-10-33(27)22-23-3-2-4-23/h5-6,23,26-27,30,34-35H,2-4,7-22H2,1H3/t26?,27?,30-,31?,32+/m0/s1. The van der Waals surface area contributed by atoms with Crippen LogP contribution in [-0.2, 0) is 40.3 Å². The van der Waals surface area contributed by atoms with Crippen molar-refractivity contribution in [3.63, 3.8) is 0 Å². The van der Waals surface area contributed by atoms with Crippen LogP contribution in [0, 0.1) is 5.92 Å². The summed E-state index contributed by atoms with van der Waals surface area (Å²) in [6.45, 7) is 7.19. The number of hydrogen-bond donors (Lipinski definition) is 2. The Morgan fingerprint density at radius 3 is 2.19 bits per heavy atom. The van der Waals surface area contributed by atoms with Crippen LogP contribution >= 0.6 is 0 Å². The van der Waals surface area contributed by atoms with E-state index in [2.05, 4.69) is 4.90 Å². The highest BCUT2D eigenvalue weighted by Crippen LogP contribution is 2.65. The van der Waals surface area contributed by atoms with Crippen LogP contribution in [0.5, 0.6) is 11.5 Å². The fraction of sp³-hybridized carbons (Fsp3) is 0.812. The van der Waals surface area contributed by atoms with Crippen LogP contribution in [0.15, 0.2) is 12.1 Å². The van der Waals surface area contributed by atoms with E-state index in [0.717, 1.165) is 43.8 Å². The molecule has 1 saturated heterocycles. The summed E-state index contributed by atoms with van der Waals surface area (Å²) in [6.07, 6.45) is 6.47. The number of rotatable bonds is 18. The molecule has 5 aliphatic rings. The molecule has 1 aromatic carbocycles. The first kappa shape index (κ1) is 30.5. The Labute approximate surface area is 249 Å². The molecule has 2 N–H and O–H groups in total. The maximum atomic E-state index is 12.6. The zero-order valence-corrected chi connectivity index (χ0v) is 25.1. The Hall–Kier alpha value is -1.50. The van der Waals surface area contributed by atoms with Crippen molar-refractivity contribution in [3.8, 4) is 11.5 Å². The van der Waals surface area contributed by atoms with E-state index in [9.17, 15) is 10.2 Å². The number of ether oxygens (including phenoxy) is 7. The molecule has 2 saturated carbocycles. The molecule has 6 rings (SSSR count). The van der Waals surface area contributed by atoms with E-state index in [1.54, 1.807) is 13.2 Å². The van der Waals surface area contributed by atoms with E-state index in [-0.39, 0.29) is 24.0 Å². The molecule has 236 valence electrons. The number of phenols is 1. The molecule has 2 bridgehead atoms. The molecule has 0 radical (unpaired) electrons. The quantitative estimate of drug-likeness (QED) is 0.247. The number of piperidine rings is 1. The van der Waals surface area contributed by atoms with Gasteiger partial charge in [-0.25, -0.2) is 0 Å². The number of nitrogens with zero attached hydrogens (tertiary/aromatic N) is 1. The first-order valence-electron chi connectivity index (χ1n) is 16.0. The summed E-state index contributed by atoms with van der Waals surface area (Å²) in [7, 11) is 1.65. The molecule has 3 aliphatic carbocycles. The molecule has 3 fully saturated rings. The molecule has 0 aromatic heterocycles. The van der Waals surface area contributed by atoms with Gasteiger partial charge >= 0.3 is 0 Å². The molecule has 1 aromatic rings. The summed E-state index contributed by atoms with van der Waals surface area (Å²) in [6, 6.07) is 3.88. The second kappa shape index (κ2) is 13.6. The van der Waals surface area contributed by atoms with Crippen molar-refractivity contribution < 1.29 is 43.4 Å². The monoisotopic (exact) mass is 591 g/mol. The zero-order chi connectivity index (χ0) is 29.0. The fourth-order valence-corrected chi connectivity index (χ4v) is 8.14. The molecule has 1 spiro atoms. The van der Waals surface area contributed by atoms with Gasteiger partial charge in [0, 0.05) is 25.3 Å². The molecule has 0 amide bonds. The summed E-state index contributed by atoms with van der Waals surface area (Å²) in [5.41, 5.74) is 0.813. The first-order valence-corrected chi connectivity index (χ1v) is 16.0. The Morgan fingerprint density at radius 2 is 1.55 bits per heavy atom. The molecule has 10 nitrogen and oxygen atoms in total. The average molecular weight is 592 g/mol. The third-order valence-corrected chi connectivity index (χ3v) is 10.3. The number of likely N-dealkylation sites (tertiary alicyclic amines) is 1. The predicted molar refractivity (Wildman–Crippen MR) is 154 cm³/mol. The second-order valence-corrected chi connectivity index (χ2v) is 12.5. The SMILES string of the molecule is COCCOCCOCCOCCOCCOC1CC[C@@]2(O)C3Cc4ccc(O)c5c4C2(CCN3CC2CCC2)[C@H]1O5. The Kier molecular flexibility index (Phi) is 9.92. The lowest BCUT2D eigenvalue weighted by atomic mass is 9.48. The second-order valence-electron chi connectivity index (χ2n) is 12.5. The van der Waals surface area contributed by atoms with Gasteiger partial charge in [-0.15, -0.1) is 0 Å². The highest BCUT2D eigenvalue weighted by atomic mass is 16.6. The van der Waals surface area contributed by atoms with E-state index in [0.29, 0.717) is 78.2 Å². The lowest BCUT2D eigenvalue weighted by Crippen LogP contribution is -2.77. The summed E-state index contributed by atoms with van der Waals surface area (Å²) in [5, 5.41) is 23.4. The Balaban J connectivity index is 0.974. The fourth-order valence-electron chi connectivity index (χ4n) is 8.14. The lowest BCUT2D eigenvalue weighted by molar-refractivity contribution is -0.218. The third-order valence-electron chi connectivity index (χ3n) is 10.3. The van der Waals surface area contributed by atoms with Gasteiger partial charge in [-0.1, -0.05) is 12.5 Å². The Morgan fingerprint density at radius 1 is 0.881 bits per heavy atom. The molecular weight excluding hydrogens is 542 g/mol. The number of phenolic OH excluding ortho intramolecular Hbond substituents is 1. The minimum atomic E-state index is -0.889. The number of methoxy groups -OCH3 is 1. The maximum Gasteiger partial charge on any atom is 0.165 e. The van der Waals surface area contributed by atoms with Gasteiger partial charge in [0.25, 0.3) is 0 Å². The maximum absolute atomic E-state index is 12.6. The van der Waals surface area contributed by atoms with Crippen LogP contribution in [0.3, 0.4) is 0 Å². The number of aliphatic hydroxyl groups is 1. The number of aromatic hydroxyl groups is 1. The van der Waals surface area contributed by atoms with Crippen molar-refractivity contribution >= 4 is 0 Å². The number of benzene rings is 1. The van der Waals surface area contributed by atoms with Crippen molar-refractivity contribution in [2.24, 2.45) is 5.92 Å². The molecule has 2 heterocycles. The largest absolute Gasteiger partial charge is 0.504 e. The van der Waals surface area contributed by atoms with Gasteiger partial charge in [0.15, 0.2) is 11.5 Å². The van der Waals surface area contributed by atoms with Crippen LogP contribution in [0.2, 0.25) is 0 Å². The van der Waals surface area contributed by atoms with Crippen LogP contribution in [0.4, 0.5) is 0 Å². The van der Waals surface area contributed by atoms with E-state index in [4.69, 9.17) is 33.2 Å². The minimum Gasteiger partial charge on any atom is -0.504 e. The summed E-state index contributed by atoms with van der Waals surface area (Å²) in [4.78, 5) is 2.57. The molecule has 5 atom stereocenters. The molecule has 10 heteroatoms. The third kappa shape index (κ3) is 5.70. The van der Waals surface area contributed by atoms with E-state index in [1.807, 2.05) is 6.07 Å². The van der Waals surface area contributed by atoms with Gasteiger partial charge in [0.2, 0.25) is 0 Å². The van der Waals surface area contributed by atoms with Crippen molar-refractivity contribution in [2.75, 3.05) is 86.3 Å². The zero-order valence-electron chi connectivity index (χ0n) is 25.1. The highest BCUT2D eigenvalue weighted by molar-refractivity contribution is 5.62. The van der Waals surface area contributed by atoms with Crippen LogP contribution in [-0.4, -0.2) is 125 Å². The summed E-state index contributed by atoms with van der Waals surface area (Å²) in [5.74, 6) is 1.48. The van der Waals surface area contributed by atoms with Gasteiger partial charge < -0.3 is 43.4 Å². The summed E-state index contributed by atoms with van der Waals surface area (Å²) < 4.78 is 40.1. The van der Waals surface area contributed by atoms with Crippen molar-refractivity contribution in [2.45, 2.75) is 74.2 Å². The van der Waals surface area contributed by atoms with Crippen molar-refractivity contribution in [3.05, 3.63) is 23.3 Å². The predicted octanol–water partition coefficient (Wildman–Crippen LogP) is 2.44. The molecule has 3 unspecified atom stereocenters. The van der Waals surface area contributed by atoms with Gasteiger partial charge in [-0.05, 0) is 62.6 Å². The van der Waals surface area contributed by atoms with Crippen LogP contribution < -0.4 is 4.74 Å². The van der Waals surface area contributed by atoms with Crippen LogP contribution in [0.25, 0.3) is 0 Å². The number of hydrogen-bond acceptors (Lipinski definition) is 10. The molecule has 42 heavy (non-hydrogen) atoms. The smallest absolute Gasteiger partial charge is 0.165 e. The van der Waals surface area contributed by atoms with Crippen molar-refractivity contribution in [1.82, 2.24) is 4.90 Å². The van der Waals surface area contributed by atoms with E-state index < -0.39 is 11.0 Å². The highest BCUT2D eigenvalue weighted by Gasteiger charge is 2.73. The lowest BCUT2D eigenvalue weighted by Gasteiger charge is -2.64. The normalized spacial score (nSPS) is 31.5. The average Bonchev–Trinajstić information content (AvgIpc) is 3.32. The van der Waals surface area contributed by atoms with Gasteiger partial charge in [0.05, 0.1) is 83.2 Å².